The van der Waals surface area contributed by atoms with Crippen LogP contribution in [-0.4, -0.2) is 10.7 Å². The SMILES string of the molecule is BrCCCc1c[c]cc(CCCBr)c1. The molecule has 1 aromatic carbocycles. The number of halogens is 2. The maximum Gasteiger partial charge on any atom is 0.00344 e. The number of alkyl halides is 2. The number of hydrogen-bond donors (Lipinski definition) is 0. The van der Waals surface area contributed by atoms with Crippen LogP contribution in [0.3, 0.4) is 0 Å². The summed E-state index contributed by atoms with van der Waals surface area (Å²) >= 11 is 6.90. The molecule has 0 amide bonds. The van der Waals surface area contributed by atoms with Crippen molar-refractivity contribution in [3.63, 3.8) is 0 Å². The van der Waals surface area contributed by atoms with Gasteiger partial charge in [-0.05, 0) is 42.9 Å². The van der Waals surface area contributed by atoms with Crippen molar-refractivity contribution < 1.29 is 0 Å². The molecule has 0 saturated heterocycles. The molecule has 77 valence electrons. The summed E-state index contributed by atoms with van der Waals surface area (Å²) in [7, 11) is 0. The predicted molar refractivity (Wildman–Crippen MR) is 69.5 cm³/mol. The highest BCUT2D eigenvalue weighted by Gasteiger charge is 1.96. The molecule has 0 unspecified atom stereocenters. The Morgan fingerprint density at radius 1 is 0.929 bits per heavy atom. The van der Waals surface area contributed by atoms with Crippen molar-refractivity contribution in [3.8, 4) is 0 Å². The van der Waals surface area contributed by atoms with E-state index in [4.69, 9.17) is 0 Å². The summed E-state index contributed by atoms with van der Waals surface area (Å²) < 4.78 is 0. The summed E-state index contributed by atoms with van der Waals surface area (Å²) in [5, 5.41) is 2.16. The Morgan fingerprint density at radius 3 is 1.86 bits per heavy atom. The lowest BCUT2D eigenvalue weighted by Gasteiger charge is -2.03. The summed E-state index contributed by atoms with van der Waals surface area (Å²) in [5.41, 5.74) is 2.83. The van der Waals surface area contributed by atoms with Gasteiger partial charge in [0.1, 0.15) is 0 Å². The summed E-state index contributed by atoms with van der Waals surface area (Å²) in [6.45, 7) is 0. The number of benzene rings is 1. The second kappa shape index (κ2) is 7.47. The van der Waals surface area contributed by atoms with Crippen LogP contribution in [0.25, 0.3) is 0 Å². The molecule has 0 aliphatic rings. The molecule has 2 heteroatoms. The highest BCUT2D eigenvalue weighted by Crippen LogP contribution is 2.10. The lowest BCUT2D eigenvalue weighted by atomic mass is 10.0. The van der Waals surface area contributed by atoms with Gasteiger partial charge in [-0.15, -0.1) is 0 Å². The zero-order valence-corrected chi connectivity index (χ0v) is 11.4. The fraction of sp³-hybridized carbons (Fsp3) is 0.500. The average Bonchev–Trinajstić information content (AvgIpc) is 2.24. The molecule has 0 saturated carbocycles. The highest BCUT2D eigenvalue weighted by atomic mass is 79.9. The quantitative estimate of drug-likeness (QED) is 0.691. The van der Waals surface area contributed by atoms with Crippen LogP contribution in [0.1, 0.15) is 24.0 Å². The molecule has 0 fully saturated rings. The predicted octanol–water partition coefficient (Wildman–Crippen LogP) is 4.14. The Morgan fingerprint density at radius 2 is 1.43 bits per heavy atom. The van der Waals surface area contributed by atoms with Gasteiger partial charge >= 0.3 is 0 Å². The topological polar surface area (TPSA) is 0 Å². The van der Waals surface area contributed by atoms with Crippen LogP contribution in [0, 0.1) is 6.07 Å². The van der Waals surface area contributed by atoms with E-state index >= 15 is 0 Å². The van der Waals surface area contributed by atoms with Gasteiger partial charge in [0, 0.05) is 10.7 Å². The maximum absolute atomic E-state index is 3.45. The molecule has 0 atom stereocenters. The first kappa shape index (κ1) is 12.3. The van der Waals surface area contributed by atoms with E-state index in [2.05, 4.69) is 56.1 Å². The zero-order chi connectivity index (χ0) is 10.2. The van der Waals surface area contributed by atoms with Crippen LogP contribution >= 0.6 is 31.9 Å². The van der Waals surface area contributed by atoms with Crippen molar-refractivity contribution in [2.75, 3.05) is 10.7 Å². The van der Waals surface area contributed by atoms with Crippen molar-refractivity contribution in [1.29, 1.82) is 0 Å². The number of rotatable bonds is 6. The van der Waals surface area contributed by atoms with Crippen LogP contribution in [0.2, 0.25) is 0 Å². The lowest BCUT2D eigenvalue weighted by Crippen LogP contribution is -1.91. The summed E-state index contributed by atoms with van der Waals surface area (Å²) in [6, 6.07) is 9.72. The third kappa shape index (κ3) is 4.61. The lowest BCUT2D eigenvalue weighted by molar-refractivity contribution is 0.911. The van der Waals surface area contributed by atoms with Crippen LogP contribution < -0.4 is 0 Å². The first-order chi connectivity index (χ1) is 6.86. The Labute approximate surface area is 103 Å². The van der Waals surface area contributed by atoms with Crippen molar-refractivity contribution in [2.45, 2.75) is 25.7 Å². The van der Waals surface area contributed by atoms with Gasteiger partial charge in [0.05, 0.1) is 0 Å². The van der Waals surface area contributed by atoms with Crippen LogP contribution in [-0.2, 0) is 12.8 Å². The third-order valence-corrected chi connectivity index (χ3v) is 3.23. The zero-order valence-electron chi connectivity index (χ0n) is 8.23. The van der Waals surface area contributed by atoms with Crippen molar-refractivity contribution >= 4 is 31.9 Å². The molecule has 0 aliphatic carbocycles. The Bertz CT molecular complexity index is 235. The smallest absolute Gasteiger partial charge is 0.00344 e. The molecule has 0 aromatic heterocycles. The normalized spacial score (nSPS) is 10.4. The Hall–Kier alpha value is 0.180. The van der Waals surface area contributed by atoms with Gasteiger partial charge in [0.2, 0.25) is 0 Å². The molecule has 1 rings (SSSR count). The minimum Gasteiger partial charge on any atom is -0.0928 e. The van der Waals surface area contributed by atoms with E-state index in [1.54, 1.807) is 0 Å². The number of aryl methyl sites for hydroxylation is 2. The third-order valence-electron chi connectivity index (χ3n) is 2.11. The van der Waals surface area contributed by atoms with E-state index in [1.165, 1.54) is 24.0 Å². The Balaban J connectivity index is 2.50. The van der Waals surface area contributed by atoms with Crippen LogP contribution in [0.15, 0.2) is 18.2 Å². The first-order valence-electron chi connectivity index (χ1n) is 4.97. The standard InChI is InChI=1S/C12H15Br2/c13-8-2-6-11-4-1-5-12(10-11)7-3-9-14/h4-5,10H,2-3,6-9H2. The highest BCUT2D eigenvalue weighted by molar-refractivity contribution is 9.09. The molecule has 1 radical (unpaired) electrons. The van der Waals surface area contributed by atoms with Gasteiger partial charge in [0.15, 0.2) is 0 Å². The second-order valence-corrected chi connectivity index (χ2v) is 4.92. The molecule has 0 spiro atoms. The second-order valence-electron chi connectivity index (χ2n) is 3.33. The van der Waals surface area contributed by atoms with Gasteiger partial charge in [0.25, 0.3) is 0 Å². The van der Waals surface area contributed by atoms with Gasteiger partial charge in [-0.3, -0.25) is 0 Å². The molecular formula is C12H15Br2. The van der Waals surface area contributed by atoms with E-state index < -0.39 is 0 Å². The van der Waals surface area contributed by atoms with E-state index in [1.807, 2.05) is 0 Å². The average molecular weight is 319 g/mol. The first-order valence-corrected chi connectivity index (χ1v) is 7.22. The summed E-state index contributed by atoms with van der Waals surface area (Å²) in [4.78, 5) is 0. The fourth-order valence-electron chi connectivity index (χ4n) is 1.41. The van der Waals surface area contributed by atoms with Crippen LogP contribution in [0.4, 0.5) is 0 Å². The molecule has 0 heterocycles. The van der Waals surface area contributed by atoms with Gasteiger partial charge in [-0.25, -0.2) is 0 Å². The monoisotopic (exact) mass is 317 g/mol. The van der Waals surface area contributed by atoms with Crippen molar-refractivity contribution in [3.05, 3.63) is 35.4 Å². The fourth-order valence-corrected chi connectivity index (χ4v) is 1.97. The van der Waals surface area contributed by atoms with Gasteiger partial charge in [-0.1, -0.05) is 50.1 Å². The molecule has 14 heavy (non-hydrogen) atoms. The van der Waals surface area contributed by atoms with E-state index in [0.29, 0.717) is 0 Å². The van der Waals surface area contributed by atoms with E-state index in [9.17, 15) is 0 Å². The minimum absolute atomic E-state index is 1.08. The minimum atomic E-state index is 1.08. The largest absolute Gasteiger partial charge is 0.0928 e. The Kier molecular flexibility index (Phi) is 6.54. The van der Waals surface area contributed by atoms with Crippen molar-refractivity contribution in [1.82, 2.24) is 0 Å². The van der Waals surface area contributed by atoms with Crippen molar-refractivity contribution in [2.24, 2.45) is 0 Å². The molecule has 0 aliphatic heterocycles. The van der Waals surface area contributed by atoms with E-state index in [-0.39, 0.29) is 0 Å². The van der Waals surface area contributed by atoms with Crippen LogP contribution in [0.5, 0.6) is 0 Å². The molecular weight excluding hydrogens is 304 g/mol. The molecule has 0 N–H and O–H groups in total. The summed E-state index contributed by atoms with van der Waals surface area (Å²) in [5.74, 6) is 0. The van der Waals surface area contributed by atoms with E-state index in [0.717, 1.165) is 23.5 Å². The van der Waals surface area contributed by atoms with Gasteiger partial charge < -0.3 is 0 Å². The van der Waals surface area contributed by atoms with Gasteiger partial charge in [-0.2, -0.15) is 0 Å². The molecule has 0 nitrogen and oxygen atoms in total. The summed E-state index contributed by atoms with van der Waals surface area (Å²) in [6.07, 6.45) is 4.72. The number of hydrogen-bond acceptors (Lipinski definition) is 0. The molecule has 1 aromatic rings. The maximum atomic E-state index is 3.45. The molecule has 0 bridgehead atoms.